The minimum atomic E-state index is -0.350. The van der Waals surface area contributed by atoms with Gasteiger partial charge in [0.15, 0.2) is 0 Å². The van der Waals surface area contributed by atoms with E-state index in [9.17, 15) is 5.11 Å². The smallest absolute Gasteiger partial charge is 0.119 e. The van der Waals surface area contributed by atoms with Crippen LogP contribution in [0.15, 0.2) is 24.3 Å². The largest absolute Gasteiger partial charge is 0.497 e. The molecule has 0 saturated heterocycles. The van der Waals surface area contributed by atoms with Crippen LogP contribution >= 0.6 is 0 Å². The number of hydrogen-bond acceptors (Lipinski definition) is 3. The van der Waals surface area contributed by atoms with Crippen molar-refractivity contribution in [3.8, 4) is 5.75 Å². The molecule has 117 valence electrons. The third-order valence-electron chi connectivity index (χ3n) is 4.28. The van der Waals surface area contributed by atoms with Crippen molar-refractivity contribution in [2.24, 2.45) is 5.92 Å². The first kappa shape index (κ1) is 16.3. The van der Waals surface area contributed by atoms with E-state index in [-0.39, 0.29) is 6.10 Å². The number of aliphatic hydroxyl groups is 1. The molecule has 0 unspecified atom stereocenters. The van der Waals surface area contributed by atoms with Crippen LogP contribution in [-0.2, 0) is 6.54 Å². The summed E-state index contributed by atoms with van der Waals surface area (Å²) in [6.45, 7) is 1.37. The van der Waals surface area contributed by atoms with Crippen LogP contribution in [0, 0.1) is 12.3 Å². The minimum Gasteiger partial charge on any atom is -0.497 e. The van der Waals surface area contributed by atoms with Crippen LogP contribution in [-0.4, -0.2) is 24.9 Å². The molecule has 0 amide bonds. The topological polar surface area (TPSA) is 41.5 Å². The van der Waals surface area contributed by atoms with Crippen molar-refractivity contribution >= 4 is 0 Å². The van der Waals surface area contributed by atoms with Crippen LogP contribution in [0.25, 0.3) is 0 Å². The summed E-state index contributed by atoms with van der Waals surface area (Å²) in [6, 6.07) is 8.01. The molecule has 1 aromatic carbocycles. The van der Waals surface area contributed by atoms with Gasteiger partial charge in [0.1, 0.15) is 5.75 Å². The molecule has 1 aliphatic rings. The Kier molecular flexibility index (Phi) is 7.04. The number of hydrogen-bond donors (Lipinski definition) is 2. The molecule has 3 heteroatoms. The highest BCUT2D eigenvalue weighted by Gasteiger charge is 2.15. The van der Waals surface area contributed by atoms with Crippen LogP contribution in [0.5, 0.6) is 5.75 Å². The molecule has 2 rings (SSSR count). The summed E-state index contributed by atoms with van der Waals surface area (Å²) in [4.78, 5) is 0. The predicted octanol–water partition coefficient (Wildman–Crippen LogP) is 3.32. The standard InChI is InChI=1S/C18H28NO2/c1-21-18-9-5-8-16(12-18)13-19-14-17(20)11-10-15-6-3-2-4-7-15/h5,8-9,11-12,15,17,19-20H,2-4,6-7,10,13-14H2,1H3/t17-/m1/s1. The average molecular weight is 290 g/mol. The zero-order valence-corrected chi connectivity index (χ0v) is 13.1. The van der Waals surface area contributed by atoms with E-state index in [0.717, 1.165) is 24.6 Å². The molecule has 1 aromatic rings. The van der Waals surface area contributed by atoms with E-state index < -0.39 is 0 Å². The molecule has 2 N–H and O–H groups in total. The van der Waals surface area contributed by atoms with Gasteiger partial charge < -0.3 is 15.2 Å². The summed E-state index contributed by atoms with van der Waals surface area (Å²) < 4.78 is 5.20. The molecule has 1 aliphatic carbocycles. The lowest BCUT2D eigenvalue weighted by Crippen LogP contribution is -2.27. The molecule has 0 bridgehead atoms. The summed E-state index contributed by atoms with van der Waals surface area (Å²) in [5.41, 5.74) is 1.17. The van der Waals surface area contributed by atoms with E-state index in [4.69, 9.17) is 4.74 Å². The number of nitrogens with one attached hydrogen (secondary N) is 1. The average Bonchev–Trinajstić information content (AvgIpc) is 2.54. The second kappa shape index (κ2) is 9.06. The predicted molar refractivity (Wildman–Crippen MR) is 86.2 cm³/mol. The summed E-state index contributed by atoms with van der Waals surface area (Å²) >= 11 is 0. The van der Waals surface area contributed by atoms with Gasteiger partial charge in [-0.2, -0.15) is 0 Å². The van der Waals surface area contributed by atoms with Gasteiger partial charge >= 0.3 is 0 Å². The summed E-state index contributed by atoms with van der Waals surface area (Å²) in [7, 11) is 1.68. The highest BCUT2D eigenvalue weighted by molar-refractivity contribution is 5.28. The lowest BCUT2D eigenvalue weighted by Gasteiger charge is -2.22. The Morgan fingerprint density at radius 2 is 2.14 bits per heavy atom. The Hall–Kier alpha value is -1.06. The van der Waals surface area contributed by atoms with Crippen molar-refractivity contribution in [2.75, 3.05) is 13.7 Å². The number of aliphatic hydroxyl groups excluding tert-OH is 1. The molecule has 1 saturated carbocycles. The third kappa shape index (κ3) is 6.06. The Morgan fingerprint density at radius 3 is 2.90 bits per heavy atom. The molecule has 3 nitrogen and oxygen atoms in total. The van der Waals surface area contributed by atoms with Crippen molar-refractivity contribution in [3.05, 3.63) is 36.2 Å². The quantitative estimate of drug-likeness (QED) is 0.771. The normalized spacial score (nSPS) is 17.6. The van der Waals surface area contributed by atoms with Crippen LogP contribution in [0.3, 0.4) is 0 Å². The molecule has 1 fully saturated rings. The lowest BCUT2D eigenvalue weighted by molar-refractivity contribution is 0.190. The maximum Gasteiger partial charge on any atom is 0.119 e. The molecule has 0 spiro atoms. The fourth-order valence-electron chi connectivity index (χ4n) is 3.00. The number of benzene rings is 1. The lowest BCUT2D eigenvalue weighted by atomic mass is 9.85. The molecule has 1 atom stereocenters. The van der Waals surface area contributed by atoms with Crippen molar-refractivity contribution in [1.29, 1.82) is 0 Å². The Labute approximate surface area is 128 Å². The van der Waals surface area contributed by atoms with Crippen LogP contribution < -0.4 is 10.1 Å². The first-order valence-corrected chi connectivity index (χ1v) is 8.13. The number of ether oxygens (including phenoxy) is 1. The zero-order chi connectivity index (χ0) is 14.9. The molecule has 0 aliphatic heterocycles. The molecule has 1 radical (unpaired) electrons. The summed E-state index contributed by atoms with van der Waals surface area (Å²) in [5.74, 6) is 1.67. The van der Waals surface area contributed by atoms with Gasteiger partial charge in [-0.25, -0.2) is 0 Å². The maximum absolute atomic E-state index is 10.0. The van der Waals surface area contributed by atoms with Gasteiger partial charge in [0.05, 0.1) is 13.2 Å². The van der Waals surface area contributed by atoms with E-state index in [1.54, 1.807) is 7.11 Å². The first-order valence-electron chi connectivity index (χ1n) is 8.13. The SMILES string of the molecule is COc1cccc(CNC[C@H](O)[CH]CC2CCCCC2)c1. The molecular weight excluding hydrogens is 262 g/mol. The fourth-order valence-corrected chi connectivity index (χ4v) is 3.00. The zero-order valence-electron chi connectivity index (χ0n) is 13.1. The van der Waals surface area contributed by atoms with Gasteiger partial charge in [0.25, 0.3) is 0 Å². The molecular formula is C18H28NO2. The maximum atomic E-state index is 10.0. The highest BCUT2D eigenvalue weighted by Crippen LogP contribution is 2.27. The van der Waals surface area contributed by atoms with E-state index in [2.05, 4.69) is 17.8 Å². The molecule has 0 aromatic heterocycles. The van der Waals surface area contributed by atoms with Crippen molar-refractivity contribution in [1.82, 2.24) is 5.32 Å². The number of methoxy groups -OCH3 is 1. The van der Waals surface area contributed by atoms with Gasteiger partial charge in [0.2, 0.25) is 0 Å². The van der Waals surface area contributed by atoms with Gasteiger partial charge in [-0.05, 0) is 36.5 Å². The van der Waals surface area contributed by atoms with Crippen LogP contribution in [0.4, 0.5) is 0 Å². The van der Waals surface area contributed by atoms with Crippen LogP contribution in [0.1, 0.15) is 44.1 Å². The second-order valence-corrected chi connectivity index (χ2v) is 6.03. The second-order valence-electron chi connectivity index (χ2n) is 6.03. The summed E-state index contributed by atoms with van der Waals surface area (Å²) in [6.07, 6.45) is 9.57. The van der Waals surface area contributed by atoms with E-state index in [1.807, 2.05) is 18.2 Å². The minimum absolute atomic E-state index is 0.350. The van der Waals surface area contributed by atoms with Crippen LogP contribution in [0.2, 0.25) is 0 Å². The van der Waals surface area contributed by atoms with E-state index >= 15 is 0 Å². The Balaban J connectivity index is 1.60. The Bertz CT molecular complexity index is 402. The highest BCUT2D eigenvalue weighted by atomic mass is 16.5. The summed E-state index contributed by atoms with van der Waals surface area (Å²) in [5, 5.41) is 13.3. The monoisotopic (exact) mass is 290 g/mol. The van der Waals surface area contributed by atoms with E-state index in [0.29, 0.717) is 6.54 Å². The number of rotatable bonds is 8. The van der Waals surface area contributed by atoms with Gasteiger partial charge in [-0.3, -0.25) is 0 Å². The molecule has 0 heterocycles. The Morgan fingerprint density at radius 1 is 1.33 bits per heavy atom. The van der Waals surface area contributed by atoms with Crippen molar-refractivity contribution < 1.29 is 9.84 Å². The third-order valence-corrected chi connectivity index (χ3v) is 4.28. The van der Waals surface area contributed by atoms with Gasteiger partial charge in [-0.1, -0.05) is 44.2 Å². The molecule has 21 heavy (non-hydrogen) atoms. The van der Waals surface area contributed by atoms with Crippen molar-refractivity contribution in [2.45, 2.75) is 51.2 Å². The van der Waals surface area contributed by atoms with Crippen molar-refractivity contribution in [3.63, 3.8) is 0 Å². The first-order chi connectivity index (χ1) is 10.3. The van der Waals surface area contributed by atoms with Gasteiger partial charge in [0, 0.05) is 13.1 Å². The van der Waals surface area contributed by atoms with Gasteiger partial charge in [-0.15, -0.1) is 0 Å². The fraction of sp³-hybridized carbons (Fsp3) is 0.611. The van der Waals surface area contributed by atoms with E-state index in [1.165, 1.54) is 37.7 Å².